The molecule has 0 radical (unpaired) electrons. The number of hydrogen-bond acceptors (Lipinski definition) is 2. The van der Waals surface area contributed by atoms with E-state index in [4.69, 9.17) is 0 Å². The van der Waals surface area contributed by atoms with Crippen molar-refractivity contribution < 1.29 is 4.79 Å². The minimum Gasteiger partial charge on any atom is -0.357 e. The van der Waals surface area contributed by atoms with E-state index in [-0.39, 0.29) is 36.4 Å². The zero-order chi connectivity index (χ0) is 17.2. The molecule has 6 heteroatoms. The largest absolute Gasteiger partial charge is 0.357 e. The molecule has 5 nitrogen and oxygen atoms in total. The maximum Gasteiger partial charge on any atom is 0.239 e. The van der Waals surface area contributed by atoms with Crippen LogP contribution in [0, 0.1) is 6.92 Å². The maximum atomic E-state index is 12.1. The van der Waals surface area contributed by atoms with Crippen molar-refractivity contribution in [1.82, 2.24) is 16.0 Å². The van der Waals surface area contributed by atoms with Crippen molar-refractivity contribution in [3.05, 3.63) is 35.4 Å². The summed E-state index contributed by atoms with van der Waals surface area (Å²) in [5, 5.41) is 9.43. The smallest absolute Gasteiger partial charge is 0.239 e. The van der Waals surface area contributed by atoms with Gasteiger partial charge in [0.05, 0.1) is 13.1 Å². The van der Waals surface area contributed by atoms with Gasteiger partial charge in [-0.2, -0.15) is 0 Å². The fourth-order valence-electron chi connectivity index (χ4n) is 2.98. The Balaban J connectivity index is 0.00000312. The fourth-order valence-corrected chi connectivity index (χ4v) is 2.98. The van der Waals surface area contributed by atoms with E-state index in [1.165, 1.54) is 30.4 Å². The molecule has 1 fully saturated rings. The van der Waals surface area contributed by atoms with Gasteiger partial charge >= 0.3 is 0 Å². The lowest BCUT2D eigenvalue weighted by atomic mass is 9.95. The summed E-state index contributed by atoms with van der Waals surface area (Å²) in [4.78, 5) is 16.7. The number of carbonyl (C=O) groups is 1. The number of amides is 1. The van der Waals surface area contributed by atoms with E-state index >= 15 is 0 Å². The van der Waals surface area contributed by atoms with Crippen LogP contribution in [0.5, 0.6) is 0 Å². The summed E-state index contributed by atoms with van der Waals surface area (Å²) in [5.74, 6) is 0.725. The zero-order valence-corrected chi connectivity index (χ0v) is 17.6. The SMILES string of the molecule is CCNC(=NCc1ccccc1C)NCC(=O)NC1CCCCC1.I. The van der Waals surface area contributed by atoms with Gasteiger partial charge in [-0.3, -0.25) is 4.79 Å². The lowest BCUT2D eigenvalue weighted by molar-refractivity contribution is -0.120. The second kappa shape index (κ2) is 12.1. The molecule has 2 rings (SSSR count). The van der Waals surface area contributed by atoms with E-state index in [1.54, 1.807) is 0 Å². The van der Waals surface area contributed by atoms with Crippen LogP contribution in [0.1, 0.15) is 50.2 Å². The summed E-state index contributed by atoms with van der Waals surface area (Å²) in [6, 6.07) is 8.57. The van der Waals surface area contributed by atoms with Crippen molar-refractivity contribution in [1.29, 1.82) is 0 Å². The number of benzene rings is 1. The van der Waals surface area contributed by atoms with Gasteiger partial charge < -0.3 is 16.0 Å². The number of hydrogen-bond donors (Lipinski definition) is 3. The maximum absolute atomic E-state index is 12.1. The van der Waals surface area contributed by atoms with Crippen LogP contribution < -0.4 is 16.0 Å². The molecule has 140 valence electrons. The van der Waals surface area contributed by atoms with E-state index < -0.39 is 0 Å². The summed E-state index contributed by atoms with van der Waals surface area (Å²) >= 11 is 0. The lowest BCUT2D eigenvalue weighted by Gasteiger charge is -2.23. The molecule has 0 atom stereocenters. The minimum atomic E-state index is 0. The Labute approximate surface area is 168 Å². The highest BCUT2D eigenvalue weighted by Crippen LogP contribution is 2.17. The number of aliphatic imine (C=N–C) groups is 1. The Kier molecular flexibility index (Phi) is 10.5. The van der Waals surface area contributed by atoms with Crippen LogP contribution in [-0.2, 0) is 11.3 Å². The third kappa shape index (κ3) is 8.07. The van der Waals surface area contributed by atoms with Gasteiger partial charge in [0.15, 0.2) is 5.96 Å². The Hall–Kier alpha value is -1.31. The average molecular weight is 458 g/mol. The molecule has 0 aliphatic heterocycles. The van der Waals surface area contributed by atoms with Crippen molar-refractivity contribution in [3.63, 3.8) is 0 Å². The second-order valence-corrected chi connectivity index (χ2v) is 6.38. The second-order valence-electron chi connectivity index (χ2n) is 6.38. The molecule has 0 unspecified atom stereocenters. The predicted molar refractivity (Wildman–Crippen MR) is 114 cm³/mol. The van der Waals surface area contributed by atoms with Gasteiger partial charge in [0.2, 0.25) is 5.91 Å². The van der Waals surface area contributed by atoms with Crippen LogP contribution in [0.15, 0.2) is 29.3 Å². The molecule has 0 aromatic heterocycles. The molecule has 1 aromatic carbocycles. The van der Waals surface area contributed by atoms with Crippen LogP contribution in [0.25, 0.3) is 0 Å². The number of rotatable bonds is 6. The number of aryl methyl sites for hydroxylation is 1. The molecular formula is C19H31IN4O. The summed E-state index contributed by atoms with van der Waals surface area (Å²) in [6.07, 6.45) is 5.94. The van der Waals surface area contributed by atoms with Crippen molar-refractivity contribution in [2.24, 2.45) is 4.99 Å². The molecule has 25 heavy (non-hydrogen) atoms. The van der Waals surface area contributed by atoms with E-state index in [0.717, 1.165) is 19.4 Å². The van der Waals surface area contributed by atoms with Gasteiger partial charge in [0.25, 0.3) is 0 Å². The lowest BCUT2D eigenvalue weighted by Crippen LogP contribution is -2.46. The number of nitrogens with zero attached hydrogens (tertiary/aromatic N) is 1. The molecule has 0 bridgehead atoms. The highest BCUT2D eigenvalue weighted by molar-refractivity contribution is 14.0. The first-order valence-corrected chi connectivity index (χ1v) is 9.05. The van der Waals surface area contributed by atoms with Crippen LogP contribution >= 0.6 is 24.0 Å². The molecule has 0 spiro atoms. The molecule has 0 heterocycles. The van der Waals surface area contributed by atoms with Crippen molar-refractivity contribution in [2.45, 2.75) is 58.5 Å². The molecule has 0 saturated heterocycles. The summed E-state index contributed by atoms with van der Waals surface area (Å²) < 4.78 is 0. The number of guanidine groups is 1. The zero-order valence-electron chi connectivity index (χ0n) is 15.3. The monoisotopic (exact) mass is 458 g/mol. The Morgan fingerprint density at radius 2 is 1.88 bits per heavy atom. The fraction of sp³-hybridized carbons (Fsp3) is 0.579. The van der Waals surface area contributed by atoms with Crippen LogP contribution in [0.4, 0.5) is 0 Å². The normalized spacial score (nSPS) is 15.2. The summed E-state index contributed by atoms with van der Waals surface area (Å²) in [7, 11) is 0. The Bertz CT molecular complexity index is 556. The highest BCUT2D eigenvalue weighted by atomic mass is 127. The van der Waals surface area contributed by atoms with E-state index in [2.05, 4.69) is 40.0 Å². The highest BCUT2D eigenvalue weighted by Gasteiger charge is 2.15. The molecule has 1 aromatic rings. The van der Waals surface area contributed by atoms with Crippen molar-refractivity contribution in [2.75, 3.05) is 13.1 Å². The average Bonchev–Trinajstić information content (AvgIpc) is 2.59. The standard InChI is InChI=1S/C19H30N4O.HI/c1-3-20-19(21-13-16-10-8-7-9-15(16)2)22-14-18(24)23-17-11-5-4-6-12-17;/h7-10,17H,3-6,11-14H2,1-2H3,(H,23,24)(H2,20,21,22);1H. The van der Waals surface area contributed by atoms with Gasteiger partial charge in [0.1, 0.15) is 0 Å². The van der Waals surface area contributed by atoms with Crippen LogP contribution in [-0.4, -0.2) is 31.0 Å². The van der Waals surface area contributed by atoms with Gasteiger partial charge in [-0.1, -0.05) is 43.5 Å². The topological polar surface area (TPSA) is 65.5 Å². The Morgan fingerprint density at radius 3 is 2.56 bits per heavy atom. The molecule has 1 saturated carbocycles. The number of halogens is 1. The van der Waals surface area contributed by atoms with Crippen LogP contribution in [0.3, 0.4) is 0 Å². The summed E-state index contributed by atoms with van der Waals surface area (Å²) in [5.41, 5.74) is 2.42. The number of carbonyl (C=O) groups excluding carboxylic acids is 1. The molecule has 1 aliphatic carbocycles. The third-order valence-corrected chi connectivity index (χ3v) is 4.40. The molecule has 1 amide bonds. The quantitative estimate of drug-likeness (QED) is 0.349. The van der Waals surface area contributed by atoms with Gasteiger partial charge in [-0.15, -0.1) is 24.0 Å². The van der Waals surface area contributed by atoms with Crippen molar-refractivity contribution in [3.8, 4) is 0 Å². The Morgan fingerprint density at radius 1 is 1.16 bits per heavy atom. The van der Waals surface area contributed by atoms with E-state index in [9.17, 15) is 4.79 Å². The first-order chi connectivity index (χ1) is 11.7. The van der Waals surface area contributed by atoms with Gasteiger partial charge in [0, 0.05) is 12.6 Å². The molecule has 1 aliphatic rings. The summed E-state index contributed by atoms with van der Waals surface area (Å²) in [6.45, 7) is 5.74. The van der Waals surface area contributed by atoms with E-state index in [1.807, 2.05) is 19.1 Å². The van der Waals surface area contributed by atoms with Crippen LogP contribution in [0.2, 0.25) is 0 Å². The first-order valence-electron chi connectivity index (χ1n) is 9.05. The molecular weight excluding hydrogens is 427 g/mol. The predicted octanol–water partition coefficient (Wildman–Crippen LogP) is 3.12. The third-order valence-electron chi connectivity index (χ3n) is 4.40. The van der Waals surface area contributed by atoms with Gasteiger partial charge in [-0.25, -0.2) is 4.99 Å². The van der Waals surface area contributed by atoms with Crippen molar-refractivity contribution >= 4 is 35.8 Å². The van der Waals surface area contributed by atoms with Gasteiger partial charge in [-0.05, 0) is 37.8 Å². The minimum absolute atomic E-state index is 0. The van der Waals surface area contributed by atoms with E-state index in [0.29, 0.717) is 18.5 Å². The molecule has 3 N–H and O–H groups in total. The number of nitrogens with one attached hydrogen (secondary N) is 3. The first kappa shape index (κ1) is 21.7.